The first-order valence-electron chi connectivity index (χ1n) is 5.40. The van der Waals surface area contributed by atoms with Gasteiger partial charge >= 0.3 is 6.18 Å². The Morgan fingerprint density at radius 3 is 2.50 bits per heavy atom. The highest BCUT2D eigenvalue weighted by molar-refractivity contribution is 5.95. The van der Waals surface area contributed by atoms with E-state index in [9.17, 15) is 18.0 Å². The predicted molar refractivity (Wildman–Crippen MR) is 59.7 cm³/mol. The molecule has 0 atom stereocenters. The van der Waals surface area contributed by atoms with Gasteiger partial charge in [-0.1, -0.05) is 26.0 Å². The molecule has 3 nitrogen and oxygen atoms in total. The van der Waals surface area contributed by atoms with Crippen LogP contribution in [0, 0.1) is 5.92 Å². The van der Waals surface area contributed by atoms with Gasteiger partial charge < -0.3 is 0 Å². The van der Waals surface area contributed by atoms with Crippen LogP contribution in [-0.2, 0) is 11.0 Å². The SMILES string of the molecule is CC(C)CONC(=O)c1ccccc1C(F)(F)F. The van der Waals surface area contributed by atoms with E-state index in [1.165, 1.54) is 12.1 Å². The quantitative estimate of drug-likeness (QED) is 0.846. The van der Waals surface area contributed by atoms with E-state index >= 15 is 0 Å². The standard InChI is InChI=1S/C12H14F3NO2/c1-8(2)7-18-16-11(17)9-5-3-4-6-10(9)12(13,14)15/h3-6,8H,7H2,1-2H3,(H,16,17). The summed E-state index contributed by atoms with van der Waals surface area (Å²) >= 11 is 0. The third-order valence-electron chi connectivity index (χ3n) is 2.06. The highest BCUT2D eigenvalue weighted by Gasteiger charge is 2.34. The van der Waals surface area contributed by atoms with Crippen molar-refractivity contribution in [2.24, 2.45) is 5.92 Å². The maximum absolute atomic E-state index is 12.6. The van der Waals surface area contributed by atoms with Crippen LogP contribution in [0.25, 0.3) is 0 Å². The second kappa shape index (κ2) is 5.86. The molecular weight excluding hydrogens is 247 g/mol. The summed E-state index contributed by atoms with van der Waals surface area (Å²) in [4.78, 5) is 16.4. The maximum Gasteiger partial charge on any atom is 0.417 e. The Kier molecular flexibility index (Phi) is 4.72. The number of alkyl halides is 3. The molecule has 100 valence electrons. The second-order valence-electron chi connectivity index (χ2n) is 4.18. The summed E-state index contributed by atoms with van der Waals surface area (Å²) in [7, 11) is 0. The van der Waals surface area contributed by atoms with Crippen LogP contribution in [-0.4, -0.2) is 12.5 Å². The number of hydrogen-bond acceptors (Lipinski definition) is 2. The lowest BCUT2D eigenvalue weighted by Gasteiger charge is -2.13. The lowest BCUT2D eigenvalue weighted by Crippen LogP contribution is -2.27. The molecule has 0 aliphatic rings. The molecule has 0 saturated heterocycles. The van der Waals surface area contributed by atoms with Gasteiger partial charge in [0.1, 0.15) is 0 Å². The van der Waals surface area contributed by atoms with Crippen LogP contribution < -0.4 is 5.48 Å². The van der Waals surface area contributed by atoms with E-state index in [1.54, 1.807) is 0 Å². The van der Waals surface area contributed by atoms with Crippen molar-refractivity contribution in [2.45, 2.75) is 20.0 Å². The number of carbonyl (C=O) groups excluding carboxylic acids is 1. The van der Waals surface area contributed by atoms with Crippen molar-refractivity contribution in [3.05, 3.63) is 35.4 Å². The molecule has 0 saturated carbocycles. The van der Waals surface area contributed by atoms with E-state index in [0.29, 0.717) is 0 Å². The molecular formula is C12H14F3NO2. The van der Waals surface area contributed by atoms with Crippen molar-refractivity contribution in [1.29, 1.82) is 0 Å². The Balaban J connectivity index is 2.80. The fourth-order valence-electron chi connectivity index (χ4n) is 1.26. The van der Waals surface area contributed by atoms with E-state index in [2.05, 4.69) is 0 Å². The van der Waals surface area contributed by atoms with Gasteiger partial charge in [0.15, 0.2) is 0 Å². The summed E-state index contributed by atoms with van der Waals surface area (Å²) in [6.07, 6.45) is -4.56. The van der Waals surface area contributed by atoms with Gasteiger partial charge in [-0.05, 0) is 18.1 Å². The molecule has 1 rings (SSSR count). The largest absolute Gasteiger partial charge is 0.417 e. The van der Waals surface area contributed by atoms with Gasteiger partial charge in [0, 0.05) is 0 Å². The number of benzene rings is 1. The first kappa shape index (κ1) is 14.5. The highest BCUT2D eigenvalue weighted by Crippen LogP contribution is 2.31. The van der Waals surface area contributed by atoms with Crippen LogP contribution in [0.5, 0.6) is 0 Å². The van der Waals surface area contributed by atoms with Crippen molar-refractivity contribution in [2.75, 3.05) is 6.61 Å². The van der Waals surface area contributed by atoms with E-state index in [-0.39, 0.29) is 12.5 Å². The minimum absolute atomic E-state index is 0.170. The summed E-state index contributed by atoms with van der Waals surface area (Å²) < 4.78 is 37.9. The number of nitrogens with one attached hydrogen (secondary N) is 1. The Bertz CT molecular complexity index is 416. The minimum atomic E-state index is -4.56. The third-order valence-corrected chi connectivity index (χ3v) is 2.06. The Morgan fingerprint density at radius 1 is 1.33 bits per heavy atom. The number of amides is 1. The minimum Gasteiger partial charge on any atom is -0.273 e. The van der Waals surface area contributed by atoms with Crippen molar-refractivity contribution in [3.63, 3.8) is 0 Å². The monoisotopic (exact) mass is 261 g/mol. The summed E-state index contributed by atoms with van der Waals surface area (Å²) in [5.74, 6) is -0.730. The number of hydroxylamine groups is 1. The van der Waals surface area contributed by atoms with Crippen molar-refractivity contribution >= 4 is 5.91 Å². The smallest absolute Gasteiger partial charge is 0.273 e. The third kappa shape index (κ3) is 4.03. The van der Waals surface area contributed by atoms with E-state index < -0.39 is 23.2 Å². The molecule has 1 N–H and O–H groups in total. The lowest BCUT2D eigenvalue weighted by molar-refractivity contribution is -0.138. The van der Waals surface area contributed by atoms with Crippen LogP contribution in [0.2, 0.25) is 0 Å². The number of carbonyl (C=O) groups is 1. The highest BCUT2D eigenvalue weighted by atomic mass is 19.4. The van der Waals surface area contributed by atoms with Crippen LogP contribution in [0.3, 0.4) is 0 Å². The average molecular weight is 261 g/mol. The van der Waals surface area contributed by atoms with Crippen LogP contribution >= 0.6 is 0 Å². The lowest BCUT2D eigenvalue weighted by atomic mass is 10.1. The molecule has 0 fully saturated rings. The average Bonchev–Trinajstić information content (AvgIpc) is 2.27. The summed E-state index contributed by atoms with van der Waals surface area (Å²) in [5, 5.41) is 0. The van der Waals surface area contributed by atoms with Gasteiger partial charge in [-0.15, -0.1) is 0 Å². The molecule has 1 amide bonds. The van der Waals surface area contributed by atoms with Crippen molar-refractivity contribution < 1.29 is 22.8 Å². The van der Waals surface area contributed by atoms with E-state index in [0.717, 1.165) is 12.1 Å². The van der Waals surface area contributed by atoms with Gasteiger partial charge in [-0.25, -0.2) is 5.48 Å². The van der Waals surface area contributed by atoms with Gasteiger partial charge in [-0.3, -0.25) is 9.63 Å². The predicted octanol–water partition coefficient (Wildman–Crippen LogP) is 3.02. The molecule has 18 heavy (non-hydrogen) atoms. The van der Waals surface area contributed by atoms with Crippen molar-refractivity contribution in [3.8, 4) is 0 Å². The zero-order chi connectivity index (χ0) is 13.8. The molecule has 0 spiro atoms. The molecule has 6 heteroatoms. The molecule has 0 aliphatic heterocycles. The molecule has 0 aromatic heterocycles. The molecule has 0 aliphatic carbocycles. The zero-order valence-electron chi connectivity index (χ0n) is 10.0. The van der Waals surface area contributed by atoms with Crippen LogP contribution in [0.15, 0.2) is 24.3 Å². The fraction of sp³-hybridized carbons (Fsp3) is 0.417. The summed E-state index contributed by atoms with van der Waals surface area (Å²) in [6.45, 7) is 3.95. The Morgan fingerprint density at radius 2 is 1.94 bits per heavy atom. The first-order chi connectivity index (χ1) is 8.32. The first-order valence-corrected chi connectivity index (χ1v) is 5.40. The Labute approximate surface area is 103 Å². The fourth-order valence-corrected chi connectivity index (χ4v) is 1.26. The van der Waals surface area contributed by atoms with E-state index in [1.807, 2.05) is 19.3 Å². The Hall–Kier alpha value is -1.56. The molecule has 1 aromatic carbocycles. The number of halogens is 3. The van der Waals surface area contributed by atoms with Gasteiger partial charge in [-0.2, -0.15) is 13.2 Å². The number of rotatable bonds is 4. The molecule has 1 aromatic rings. The van der Waals surface area contributed by atoms with E-state index in [4.69, 9.17) is 4.84 Å². The summed E-state index contributed by atoms with van der Waals surface area (Å²) in [5.41, 5.74) is 0.577. The van der Waals surface area contributed by atoms with Gasteiger partial charge in [0.25, 0.3) is 5.91 Å². The molecule has 0 unspecified atom stereocenters. The topological polar surface area (TPSA) is 38.3 Å². The zero-order valence-corrected chi connectivity index (χ0v) is 10.0. The van der Waals surface area contributed by atoms with Gasteiger partial charge in [0.2, 0.25) is 0 Å². The molecule has 0 bridgehead atoms. The summed E-state index contributed by atoms with van der Waals surface area (Å²) in [6, 6.07) is 4.56. The maximum atomic E-state index is 12.6. The van der Waals surface area contributed by atoms with Gasteiger partial charge in [0.05, 0.1) is 17.7 Å². The number of hydrogen-bond donors (Lipinski definition) is 1. The van der Waals surface area contributed by atoms with Crippen LogP contribution in [0.1, 0.15) is 29.8 Å². The van der Waals surface area contributed by atoms with Crippen molar-refractivity contribution in [1.82, 2.24) is 5.48 Å². The molecule has 0 radical (unpaired) electrons. The molecule has 0 heterocycles. The normalized spacial score (nSPS) is 11.7. The van der Waals surface area contributed by atoms with Crippen LogP contribution in [0.4, 0.5) is 13.2 Å². The second-order valence-corrected chi connectivity index (χ2v) is 4.18.